The summed E-state index contributed by atoms with van der Waals surface area (Å²) in [5, 5.41) is 9.57. The standard InChI is InChI=1S/C29H37N3O4S/c1-27(2,3)32-17-9-14-29-22(25(35)31(16-10-18-33)23(29)26(32)36)21-24(34)30(15-8-13-28(21,4)37-29)19-20-11-6-5-7-12-20/h5-9,11-14,21-23,33H,10,15-19H2,1-4H3/t21-,22-,23?,28+,29-/m0/s1. The van der Waals surface area contributed by atoms with Crippen molar-refractivity contribution in [2.24, 2.45) is 11.8 Å². The van der Waals surface area contributed by atoms with Crippen molar-refractivity contribution in [1.82, 2.24) is 14.7 Å². The van der Waals surface area contributed by atoms with Gasteiger partial charge in [0, 0.05) is 43.1 Å². The van der Waals surface area contributed by atoms with Crippen LogP contribution in [0.4, 0.5) is 0 Å². The highest BCUT2D eigenvalue weighted by Gasteiger charge is 2.74. The average molecular weight is 524 g/mol. The van der Waals surface area contributed by atoms with Crippen LogP contribution in [0.3, 0.4) is 0 Å². The molecule has 8 heteroatoms. The largest absolute Gasteiger partial charge is 0.396 e. The summed E-state index contributed by atoms with van der Waals surface area (Å²) < 4.78 is -1.47. The van der Waals surface area contributed by atoms with Gasteiger partial charge < -0.3 is 19.8 Å². The summed E-state index contributed by atoms with van der Waals surface area (Å²) in [6.45, 7) is 9.69. The smallest absolute Gasteiger partial charge is 0.247 e. The molecule has 1 spiro atoms. The topological polar surface area (TPSA) is 81.2 Å². The van der Waals surface area contributed by atoms with Gasteiger partial charge in [0.25, 0.3) is 0 Å². The first-order valence-corrected chi connectivity index (χ1v) is 14.0. The van der Waals surface area contributed by atoms with Crippen LogP contribution in [0.25, 0.3) is 0 Å². The fraction of sp³-hybridized carbons (Fsp3) is 0.552. The minimum atomic E-state index is -0.848. The Hall–Kier alpha value is -2.58. The maximum absolute atomic E-state index is 14.3. The fourth-order valence-corrected chi connectivity index (χ4v) is 8.76. The molecule has 5 rings (SSSR count). The third kappa shape index (κ3) is 4.13. The van der Waals surface area contributed by atoms with E-state index in [9.17, 15) is 19.5 Å². The number of hydrogen-bond donors (Lipinski definition) is 1. The Balaban J connectivity index is 1.59. The third-order valence-electron chi connectivity index (χ3n) is 8.22. The van der Waals surface area contributed by atoms with Gasteiger partial charge >= 0.3 is 0 Å². The van der Waals surface area contributed by atoms with Crippen molar-refractivity contribution in [3.63, 3.8) is 0 Å². The molecule has 2 fully saturated rings. The van der Waals surface area contributed by atoms with E-state index in [0.29, 0.717) is 26.1 Å². The van der Waals surface area contributed by atoms with Gasteiger partial charge in [0.1, 0.15) is 6.04 Å². The lowest BCUT2D eigenvalue weighted by Gasteiger charge is -2.41. The van der Waals surface area contributed by atoms with Crippen molar-refractivity contribution in [2.75, 3.05) is 26.2 Å². The van der Waals surface area contributed by atoms with Crippen molar-refractivity contribution in [1.29, 1.82) is 0 Å². The number of hydrogen-bond acceptors (Lipinski definition) is 5. The molecule has 1 aromatic rings. The Morgan fingerprint density at radius 2 is 1.68 bits per heavy atom. The summed E-state index contributed by atoms with van der Waals surface area (Å²) >= 11 is 1.60. The molecule has 4 aliphatic heterocycles. The van der Waals surface area contributed by atoms with E-state index >= 15 is 0 Å². The Kier molecular flexibility index (Phi) is 6.55. The molecule has 1 N–H and O–H groups in total. The first kappa shape index (κ1) is 26.0. The van der Waals surface area contributed by atoms with Crippen molar-refractivity contribution >= 4 is 29.5 Å². The number of fused-ring (bicyclic) bond motifs is 2. The molecule has 3 amide bonds. The molecule has 0 aliphatic carbocycles. The van der Waals surface area contributed by atoms with E-state index in [1.807, 2.05) is 80.0 Å². The van der Waals surface area contributed by atoms with Gasteiger partial charge in [-0.2, -0.15) is 0 Å². The quantitative estimate of drug-likeness (QED) is 0.601. The molecule has 2 saturated heterocycles. The van der Waals surface area contributed by atoms with Crippen LogP contribution in [0, 0.1) is 11.8 Å². The van der Waals surface area contributed by atoms with Gasteiger partial charge in [-0.15, -0.1) is 11.8 Å². The molecule has 4 aliphatic rings. The van der Waals surface area contributed by atoms with Gasteiger partial charge in [0.2, 0.25) is 17.7 Å². The molecule has 1 aromatic carbocycles. The molecule has 198 valence electrons. The van der Waals surface area contributed by atoms with Crippen molar-refractivity contribution < 1.29 is 19.5 Å². The lowest BCUT2D eigenvalue weighted by Crippen LogP contribution is -2.57. The van der Waals surface area contributed by atoms with Crippen molar-refractivity contribution in [2.45, 2.75) is 61.7 Å². The molecular weight excluding hydrogens is 486 g/mol. The van der Waals surface area contributed by atoms with Crippen LogP contribution in [0.15, 0.2) is 54.6 Å². The van der Waals surface area contributed by atoms with Crippen LogP contribution in [0.1, 0.15) is 39.7 Å². The first-order chi connectivity index (χ1) is 17.5. The number of amides is 3. The molecule has 37 heavy (non-hydrogen) atoms. The molecule has 0 radical (unpaired) electrons. The van der Waals surface area contributed by atoms with E-state index in [1.54, 1.807) is 16.7 Å². The molecule has 1 unspecified atom stereocenters. The molecule has 0 aromatic heterocycles. The second-order valence-electron chi connectivity index (χ2n) is 11.7. The van der Waals surface area contributed by atoms with Gasteiger partial charge in [-0.1, -0.05) is 54.6 Å². The molecule has 0 bridgehead atoms. The summed E-state index contributed by atoms with van der Waals surface area (Å²) in [6.07, 6.45) is 8.58. The summed E-state index contributed by atoms with van der Waals surface area (Å²) in [5.74, 6) is -1.53. The molecule has 7 nitrogen and oxygen atoms in total. The summed E-state index contributed by atoms with van der Waals surface area (Å²) in [5.41, 5.74) is 0.620. The van der Waals surface area contributed by atoms with E-state index < -0.39 is 32.9 Å². The number of rotatable bonds is 5. The van der Waals surface area contributed by atoms with Crippen molar-refractivity contribution in [3.05, 3.63) is 60.2 Å². The summed E-state index contributed by atoms with van der Waals surface area (Å²) in [7, 11) is 0. The molecule has 0 saturated carbocycles. The molecule has 5 atom stereocenters. The Bertz CT molecular complexity index is 1150. The number of carbonyl (C=O) groups is 3. The predicted molar refractivity (Wildman–Crippen MR) is 145 cm³/mol. The van der Waals surface area contributed by atoms with Crippen LogP contribution >= 0.6 is 11.8 Å². The van der Waals surface area contributed by atoms with Crippen LogP contribution in [-0.2, 0) is 20.9 Å². The minimum Gasteiger partial charge on any atom is -0.396 e. The number of benzene rings is 1. The van der Waals surface area contributed by atoms with Crippen LogP contribution in [-0.4, -0.2) is 84.8 Å². The number of aliphatic hydroxyl groups is 1. The lowest BCUT2D eigenvalue weighted by molar-refractivity contribution is -0.146. The van der Waals surface area contributed by atoms with E-state index in [2.05, 4.69) is 12.2 Å². The summed E-state index contributed by atoms with van der Waals surface area (Å²) in [6, 6.07) is 9.18. The van der Waals surface area contributed by atoms with Gasteiger partial charge in [-0.25, -0.2) is 0 Å². The Labute approximate surface area is 223 Å². The maximum atomic E-state index is 14.3. The van der Waals surface area contributed by atoms with Crippen molar-refractivity contribution in [3.8, 4) is 0 Å². The Morgan fingerprint density at radius 1 is 0.973 bits per heavy atom. The number of nitrogens with zero attached hydrogens (tertiary/aromatic N) is 3. The zero-order valence-electron chi connectivity index (χ0n) is 22.1. The highest BCUT2D eigenvalue weighted by Crippen LogP contribution is 2.65. The van der Waals surface area contributed by atoms with E-state index in [-0.39, 0.29) is 30.9 Å². The number of thioether (sulfide) groups is 1. The van der Waals surface area contributed by atoms with Crippen LogP contribution < -0.4 is 0 Å². The highest BCUT2D eigenvalue weighted by molar-refractivity contribution is 8.02. The normalized spacial score (nSPS) is 33.4. The van der Waals surface area contributed by atoms with Crippen LogP contribution in [0.5, 0.6) is 0 Å². The first-order valence-electron chi connectivity index (χ1n) is 13.1. The maximum Gasteiger partial charge on any atom is 0.247 e. The number of carbonyl (C=O) groups excluding carboxylic acids is 3. The van der Waals surface area contributed by atoms with E-state index in [1.165, 1.54) is 0 Å². The number of aliphatic hydroxyl groups excluding tert-OH is 1. The van der Waals surface area contributed by atoms with E-state index in [0.717, 1.165) is 5.56 Å². The number of likely N-dealkylation sites (tertiary alicyclic amines) is 1. The monoisotopic (exact) mass is 523 g/mol. The van der Waals surface area contributed by atoms with Gasteiger partial charge in [0.15, 0.2) is 0 Å². The highest BCUT2D eigenvalue weighted by atomic mass is 32.2. The van der Waals surface area contributed by atoms with Gasteiger partial charge in [-0.05, 0) is 39.7 Å². The minimum absolute atomic E-state index is 0.0420. The zero-order chi connectivity index (χ0) is 26.6. The Morgan fingerprint density at radius 3 is 2.35 bits per heavy atom. The second-order valence-corrected chi connectivity index (χ2v) is 13.5. The molecule has 4 heterocycles. The lowest BCUT2D eigenvalue weighted by atomic mass is 9.74. The fourth-order valence-electron chi connectivity index (χ4n) is 6.60. The predicted octanol–water partition coefficient (Wildman–Crippen LogP) is 2.85. The second kappa shape index (κ2) is 9.31. The van der Waals surface area contributed by atoms with Gasteiger partial charge in [-0.3, -0.25) is 14.4 Å². The SMILES string of the molecule is CC(C)(C)N1CC=C[C@]23S[C@]4(C)C=CCN(Cc5ccccc5)C(=O)[C@@H]4[C@H]2C(=O)N(CCCO)C3C1=O. The summed E-state index contributed by atoms with van der Waals surface area (Å²) in [4.78, 5) is 48.0. The third-order valence-corrected chi connectivity index (χ3v) is 10.0. The van der Waals surface area contributed by atoms with Crippen LogP contribution in [0.2, 0.25) is 0 Å². The van der Waals surface area contributed by atoms with E-state index in [4.69, 9.17) is 0 Å². The zero-order valence-corrected chi connectivity index (χ0v) is 22.9. The average Bonchev–Trinajstić information content (AvgIpc) is 3.10. The van der Waals surface area contributed by atoms with Gasteiger partial charge in [0.05, 0.1) is 16.6 Å². The molecular formula is C29H37N3O4S.